The van der Waals surface area contributed by atoms with Gasteiger partial charge in [0.1, 0.15) is 11.8 Å². The predicted octanol–water partition coefficient (Wildman–Crippen LogP) is 2.85. The fourth-order valence-electron chi connectivity index (χ4n) is 3.75. The van der Waals surface area contributed by atoms with Crippen LogP contribution in [0.4, 0.5) is 13.2 Å². The van der Waals surface area contributed by atoms with Crippen LogP contribution < -0.4 is 5.32 Å². The summed E-state index contributed by atoms with van der Waals surface area (Å²) >= 11 is 0. The SMILES string of the molecule is CC(NC(=O)c1conc1C(F)(F)F)C1CN(C(=O)C2(C)CCCC2)C1. The van der Waals surface area contributed by atoms with Gasteiger partial charge in [0, 0.05) is 30.5 Å². The van der Waals surface area contributed by atoms with Gasteiger partial charge in [0.15, 0.2) is 5.69 Å². The van der Waals surface area contributed by atoms with Crippen molar-refractivity contribution in [1.29, 1.82) is 0 Å². The third kappa shape index (κ3) is 3.43. The Labute approximate surface area is 149 Å². The molecule has 2 aliphatic rings. The van der Waals surface area contributed by atoms with E-state index in [1.807, 2.05) is 6.92 Å². The molecule has 1 aliphatic heterocycles. The topological polar surface area (TPSA) is 75.4 Å². The van der Waals surface area contributed by atoms with Crippen molar-refractivity contribution >= 4 is 11.8 Å². The highest BCUT2D eigenvalue weighted by Crippen LogP contribution is 2.40. The predicted molar refractivity (Wildman–Crippen MR) is 85.1 cm³/mol. The molecular formula is C17H22F3N3O3. The first-order valence-electron chi connectivity index (χ1n) is 8.73. The maximum atomic E-state index is 12.8. The first kappa shape index (κ1) is 18.7. The Bertz CT molecular complexity index is 689. The number of carbonyl (C=O) groups is 2. The summed E-state index contributed by atoms with van der Waals surface area (Å²) in [6.45, 7) is 4.73. The van der Waals surface area contributed by atoms with Crippen LogP contribution in [-0.2, 0) is 11.0 Å². The quantitative estimate of drug-likeness (QED) is 0.881. The van der Waals surface area contributed by atoms with Crippen molar-refractivity contribution in [2.75, 3.05) is 13.1 Å². The van der Waals surface area contributed by atoms with E-state index < -0.39 is 23.3 Å². The van der Waals surface area contributed by atoms with Gasteiger partial charge >= 0.3 is 6.18 Å². The van der Waals surface area contributed by atoms with E-state index >= 15 is 0 Å². The molecule has 2 heterocycles. The summed E-state index contributed by atoms with van der Waals surface area (Å²) < 4.78 is 42.7. The zero-order chi connectivity index (χ0) is 19.1. The van der Waals surface area contributed by atoms with Crippen LogP contribution in [0.25, 0.3) is 0 Å². The second-order valence-electron chi connectivity index (χ2n) is 7.57. The first-order valence-corrected chi connectivity index (χ1v) is 8.73. The minimum absolute atomic E-state index is 0.0158. The third-order valence-corrected chi connectivity index (χ3v) is 5.57. The number of halogens is 3. The summed E-state index contributed by atoms with van der Waals surface area (Å²) in [5.74, 6) is -0.719. The molecule has 0 bridgehead atoms. The molecule has 1 saturated heterocycles. The molecule has 0 spiro atoms. The number of alkyl halides is 3. The number of nitrogens with zero attached hydrogens (tertiary/aromatic N) is 2. The lowest BCUT2D eigenvalue weighted by atomic mass is 9.83. The van der Waals surface area contributed by atoms with Gasteiger partial charge in [0.2, 0.25) is 5.91 Å². The zero-order valence-electron chi connectivity index (χ0n) is 14.7. The molecule has 1 unspecified atom stereocenters. The molecule has 1 aromatic heterocycles. The highest BCUT2D eigenvalue weighted by molar-refractivity contribution is 5.95. The summed E-state index contributed by atoms with van der Waals surface area (Å²) in [7, 11) is 0. The van der Waals surface area contributed by atoms with Gasteiger partial charge in [-0.2, -0.15) is 13.2 Å². The van der Waals surface area contributed by atoms with Gasteiger partial charge in [-0.25, -0.2) is 0 Å². The molecular weight excluding hydrogens is 351 g/mol. The van der Waals surface area contributed by atoms with Crippen molar-refractivity contribution in [1.82, 2.24) is 15.4 Å². The Morgan fingerprint density at radius 2 is 1.96 bits per heavy atom. The number of hydrogen-bond donors (Lipinski definition) is 1. The van der Waals surface area contributed by atoms with E-state index in [4.69, 9.17) is 0 Å². The highest BCUT2D eigenvalue weighted by atomic mass is 19.4. The number of amides is 2. The van der Waals surface area contributed by atoms with Crippen molar-refractivity contribution in [3.8, 4) is 0 Å². The monoisotopic (exact) mass is 373 g/mol. The zero-order valence-corrected chi connectivity index (χ0v) is 14.7. The molecule has 1 saturated carbocycles. The average Bonchev–Trinajstić information content (AvgIpc) is 3.14. The molecule has 9 heteroatoms. The van der Waals surface area contributed by atoms with Gasteiger partial charge in [-0.05, 0) is 19.8 Å². The van der Waals surface area contributed by atoms with Crippen LogP contribution >= 0.6 is 0 Å². The lowest BCUT2D eigenvalue weighted by Crippen LogP contribution is -2.59. The Hall–Kier alpha value is -2.06. The molecule has 0 aromatic carbocycles. The summed E-state index contributed by atoms with van der Waals surface area (Å²) in [4.78, 5) is 26.5. The van der Waals surface area contributed by atoms with Gasteiger partial charge < -0.3 is 14.7 Å². The number of carbonyl (C=O) groups excluding carboxylic acids is 2. The van der Waals surface area contributed by atoms with Crippen molar-refractivity contribution in [2.45, 2.75) is 51.7 Å². The molecule has 6 nitrogen and oxygen atoms in total. The van der Waals surface area contributed by atoms with Gasteiger partial charge in [-0.3, -0.25) is 9.59 Å². The molecule has 3 rings (SSSR count). The second-order valence-corrected chi connectivity index (χ2v) is 7.57. The van der Waals surface area contributed by atoms with Gasteiger partial charge in [-0.1, -0.05) is 24.9 Å². The molecule has 2 amide bonds. The minimum atomic E-state index is -4.75. The maximum Gasteiger partial charge on any atom is 0.437 e. The Balaban J connectivity index is 1.54. The highest BCUT2D eigenvalue weighted by Gasteiger charge is 2.45. The van der Waals surface area contributed by atoms with Gasteiger partial charge in [0.25, 0.3) is 5.91 Å². The number of aromatic nitrogens is 1. The van der Waals surface area contributed by atoms with Crippen LogP contribution in [0.2, 0.25) is 0 Å². The summed E-state index contributed by atoms with van der Waals surface area (Å²) in [6, 6.07) is -0.362. The van der Waals surface area contributed by atoms with Crippen LogP contribution in [0.15, 0.2) is 10.8 Å². The normalized spacial score (nSPS) is 21.3. The molecule has 1 atom stereocenters. The minimum Gasteiger partial charge on any atom is -0.363 e. The largest absolute Gasteiger partial charge is 0.437 e. The van der Waals surface area contributed by atoms with E-state index in [1.165, 1.54) is 0 Å². The standard InChI is InChI=1S/C17H22F3N3O3/c1-10(21-14(24)12-9-26-22-13(12)17(18,19)20)11-7-23(8-11)15(25)16(2)5-3-4-6-16/h9-11H,3-8H2,1-2H3,(H,21,24). The summed E-state index contributed by atoms with van der Waals surface area (Å²) in [5, 5.41) is 5.43. The van der Waals surface area contributed by atoms with Crippen molar-refractivity contribution in [2.24, 2.45) is 11.3 Å². The Kier molecular flexibility index (Phi) is 4.74. The molecule has 0 radical (unpaired) electrons. The maximum absolute atomic E-state index is 12.8. The van der Waals surface area contributed by atoms with Crippen molar-refractivity contribution in [3.05, 3.63) is 17.5 Å². The lowest BCUT2D eigenvalue weighted by molar-refractivity contribution is -0.148. The molecule has 1 aliphatic carbocycles. The molecule has 2 fully saturated rings. The van der Waals surface area contributed by atoms with E-state index in [0.717, 1.165) is 25.7 Å². The third-order valence-electron chi connectivity index (χ3n) is 5.57. The second kappa shape index (κ2) is 6.59. The van der Waals surface area contributed by atoms with E-state index in [1.54, 1.807) is 11.8 Å². The summed E-state index contributed by atoms with van der Waals surface area (Å²) in [5.41, 5.74) is -2.25. The van der Waals surface area contributed by atoms with Gasteiger partial charge in [0.05, 0.1) is 0 Å². The Morgan fingerprint density at radius 1 is 1.35 bits per heavy atom. The number of nitrogens with one attached hydrogen (secondary N) is 1. The van der Waals surface area contributed by atoms with E-state index in [-0.39, 0.29) is 23.3 Å². The fraction of sp³-hybridized carbons (Fsp3) is 0.706. The van der Waals surface area contributed by atoms with Crippen LogP contribution in [0.1, 0.15) is 55.6 Å². The molecule has 144 valence electrons. The Morgan fingerprint density at radius 3 is 2.54 bits per heavy atom. The lowest BCUT2D eigenvalue weighted by Gasteiger charge is -2.45. The van der Waals surface area contributed by atoms with Gasteiger partial charge in [-0.15, -0.1) is 0 Å². The van der Waals surface area contributed by atoms with Crippen LogP contribution in [0, 0.1) is 11.3 Å². The molecule has 26 heavy (non-hydrogen) atoms. The first-order chi connectivity index (χ1) is 12.1. The molecule has 1 aromatic rings. The van der Waals surface area contributed by atoms with E-state index in [9.17, 15) is 22.8 Å². The van der Waals surface area contributed by atoms with E-state index in [2.05, 4.69) is 15.0 Å². The van der Waals surface area contributed by atoms with E-state index in [0.29, 0.717) is 19.4 Å². The average molecular weight is 373 g/mol. The summed E-state index contributed by atoms with van der Waals surface area (Å²) in [6.07, 6.45) is -0.139. The van der Waals surface area contributed by atoms with Crippen LogP contribution in [0.5, 0.6) is 0 Å². The fourth-order valence-corrected chi connectivity index (χ4v) is 3.75. The van der Waals surface area contributed by atoms with Crippen molar-refractivity contribution < 1.29 is 27.3 Å². The molecule has 1 N–H and O–H groups in total. The number of hydrogen-bond acceptors (Lipinski definition) is 4. The number of likely N-dealkylation sites (tertiary alicyclic amines) is 1. The van der Waals surface area contributed by atoms with Crippen LogP contribution in [-0.4, -0.2) is 41.0 Å². The smallest absolute Gasteiger partial charge is 0.363 e. The van der Waals surface area contributed by atoms with Crippen LogP contribution in [0.3, 0.4) is 0 Å². The van der Waals surface area contributed by atoms with Crippen molar-refractivity contribution in [3.63, 3.8) is 0 Å². The number of rotatable bonds is 4.